The first-order chi connectivity index (χ1) is 13.0. The highest BCUT2D eigenvalue weighted by molar-refractivity contribution is 8.00. The molecule has 0 aromatic heterocycles. The molecule has 0 saturated carbocycles. The van der Waals surface area contributed by atoms with Crippen molar-refractivity contribution < 1.29 is 14.4 Å². The van der Waals surface area contributed by atoms with Gasteiger partial charge in [-0.1, -0.05) is 0 Å². The zero-order chi connectivity index (χ0) is 19.4. The van der Waals surface area contributed by atoms with Crippen LogP contribution in [0.4, 0.5) is 11.4 Å². The molecule has 6 nitrogen and oxygen atoms in total. The minimum Gasteiger partial charge on any atom is -0.339 e. The monoisotopic (exact) mass is 383 g/mol. The number of rotatable bonds is 5. The Morgan fingerprint density at radius 1 is 1.07 bits per heavy atom. The van der Waals surface area contributed by atoms with Gasteiger partial charge in [-0.2, -0.15) is 0 Å². The first kappa shape index (κ1) is 19.0. The van der Waals surface area contributed by atoms with Crippen molar-refractivity contribution in [3.8, 4) is 0 Å². The number of carbonyl (C=O) groups is 3. The van der Waals surface area contributed by atoms with E-state index in [1.54, 1.807) is 41.3 Å². The van der Waals surface area contributed by atoms with Crippen LogP contribution in [0.3, 0.4) is 0 Å². The summed E-state index contributed by atoms with van der Waals surface area (Å²) in [6.45, 7) is 5.19. The smallest absolute Gasteiger partial charge is 0.255 e. The van der Waals surface area contributed by atoms with E-state index in [0.29, 0.717) is 41.3 Å². The van der Waals surface area contributed by atoms with Crippen molar-refractivity contribution in [3.63, 3.8) is 0 Å². The van der Waals surface area contributed by atoms with Crippen LogP contribution in [0.1, 0.15) is 34.6 Å². The maximum atomic E-state index is 12.5. The van der Waals surface area contributed by atoms with E-state index in [0.717, 1.165) is 4.90 Å². The third-order valence-electron chi connectivity index (χ3n) is 4.31. The van der Waals surface area contributed by atoms with Gasteiger partial charge in [0.25, 0.3) is 11.8 Å². The number of hydrogen-bond acceptors (Lipinski definition) is 4. The molecule has 0 fully saturated rings. The van der Waals surface area contributed by atoms with Gasteiger partial charge in [0.15, 0.2) is 0 Å². The Balaban J connectivity index is 1.70. The molecule has 0 unspecified atom stereocenters. The molecule has 140 valence electrons. The fourth-order valence-electron chi connectivity index (χ4n) is 2.82. The first-order valence-electron chi connectivity index (χ1n) is 8.79. The maximum Gasteiger partial charge on any atom is 0.255 e. The number of hydrogen-bond donors (Lipinski definition) is 2. The van der Waals surface area contributed by atoms with Crippen LogP contribution in [0.5, 0.6) is 0 Å². The summed E-state index contributed by atoms with van der Waals surface area (Å²) in [6.07, 6.45) is 0. The zero-order valence-corrected chi connectivity index (χ0v) is 16.1. The van der Waals surface area contributed by atoms with Crippen LogP contribution >= 0.6 is 11.8 Å². The van der Waals surface area contributed by atoms with Crippen molar-refractivity contribution in [1.29, 1.82) is 0 Å². The molecule has 2 aromatic carbocycles. The molecule has 2 aromatic rings. The van der Waals surface area contributed by atoms with E-state index in [1.807, 2.05) is 19.9 Å². The fraction of sp³-hybridized carbons (Fsp3) is 0.250. The van der Waals surface area contributed by atoms with E-state index in [2.05, 4.69) is 10.6 Å². The van der Waals surface area contributed by atoms with Gasteiger partial charge in [-0.05, 0) is 56.3 Å². The van der Waals surface area contributed by atoms with E-state index in [9.17, 15) is 14.4 Å². The summed E-state index contributed by atoms with van der Waals surface area (Å²) in [4.78, 5) is 39.0. The second kappa shape index (κ2) is 8.26. The van der Waals surface area contributed by atoms with E-state index in [-0.39, 0.29) is 17.7 Å². The molecule has 0 radical (unpaired) electrons. The molecule has 0 spiro atoms. The molecule has 0 bridgehead atoms. The average Bonchev–Trinajstić information content (AvgIpc) is 2.68. The lowest BCUT2D eigenvalue weighted by atomic mass is 10.1. The second-order valence-electron chi connectivity index (χ2n) is 6.06. The molecule has 1 heterocycles. The van der Waals surface area contributed by atoms with Crippen molar-refractivity contribution in [2.75, 3.05) is 29.5 Å². The van der Waals surface area contributed by atoms with Gasteiger partial charge in [-0.3, -0.25) is 14.4 Å². The molecular weight excluding hydrogens is 362 g/mol. The summed E-state index contributed by atoms with van der Waals surface area (Å²) in [7, 11) is 0. The summed E-state index contributed by atoms with van der Waals surface area (Å²) in [5.74, 6) is 0.0154. The number of benzene rings is 2. The van der Waals surface area contributed by atoms with Gasteiger partial charge in [-0.15, -0.1) is 11.8 Å². The summed E-state index contributed by atoms with van der Waals surface area (Å²) in [5, 5.41) is 5.59. The highest BCUT2D eigenvalue weighted by atomic mass is 32.2. The lowest BCUT2D eigenvalue weighted by Crippen LogP contribution is -2.30. The molecule has 7 heteroatoms. The Morgan fingerprint density at radius 3 is 2.41 bits per heavy atom. The minimum absolute atomic E-state index is 0.0270. The fourth-order valence-corrected chi connectivity index (χ4v) is 3.61. The molecule has 3 amide bonds. The molecule has 0 aliphatic carbocycles. The number of nitrogens with one attached hydrogen (secondary N) is 2. The normalized spacial score (nSPS) is 12.7. The number of thioether (sulfide) groups is 1. The van der Waals surface area contributed by atoms with Crippen LogP contribution in [-0.4, -0.2) is 41.5 Å². The highest BCUT2D eigenvalue weighted by Gasteiger charge is 2.17. The summed E-state index contributed by atoms with van der Waals surface area (Å²) in [6, 6.07) is 12.1. The lowest BCUT2D eigenvalue weighted by Gasteiger charge is -2.18. The predicted octanol–water partition coefficient (Wildman–Crippen LogP) is 3.47. The van der Waals surface area contributed by atoms with Crippen molar-refractivity contribution in [1.82, 2.24) is 4.90 Å². The van der Waals surface area contributed by atoms with Crippen LogP contribution in [0.2, 0.25) is 0 Å². The summed E-state index contributed by atoms with van der Waals surface area (Å²) >= 11 is 1.45. The van der Waals surface area contributed by atoms with E-state index < -0.39 is 0 Å². The van der Waals surface area contributed by atoms with Gasteiger partial charge in [0, 0.05) is 34.8 Å². The molecule has 2 N–H and O–H groups in total. The molecular formula is C20H21N3O3S. The summed E-state index contributed by atoms with van der Waals surface area (Å²) in [5.41, 5.74) is 2.31. The van der Waals surface area contributed by atoms with E-state index in [4.69, 9.17) is 0 Å². The van der Waals surface area contributed by atoms with E-state index in [1.165, 1.54) is 11.8 Å². The molecule has 0 atom stereocenters. The molecule has 27 heavy (non-hydrogen) atoms. The number of nitrogens with zero attached hydrogens (tertiary/aromatic N) is 1. The van der Waals surface area contributed by atoms with E-state index >= 15 is 0 Å². The largest absolute Gasteiger partial charge is 0.339 e. The quantitative estimate of drug-likeness (QED) is 0.829. The number of fused-ring (bicyclic) bond motifs is 1. The van der Waals surface area contributed by atoms with Gasteiger partial charge in [0.05, 0.1) is 11.4 Å². The summed E-state index contributed by atoms with van der Waals surface area (Å²) < 4.78 is 0. The standard InChI is InChI=1S/C20H21N3O3S/c1-3-23(4-2)20(26)13-5-8-15(9-6-13)21-19(25)14-7-10-17-16(11-14)22-18(24)12-27-17/h5-11H,3-4,12H2,1-2H3,(H,21,25)(H,22,24). The Hall–Kier alpha value is -2.80. The topological polar surface area (TPSA) is 78.5 Å². The first-order valence-corrected chi connectivity index (χ1v) is 9.77. The third kappa shape index (κ3) is 4.31. The Bertz CT molecular complexity index is 877. The molecule has 3 rings (SSSR count). The second-order valence-corrected chi connectivity index (χ2v) is 7.07. The van der Waals surface area contributed by atoms with Crippen LogP contribution < -0.4 is 10.6 Å². The van der Waals surface area contributed by atoms with Crippen molar-refractivity contribution in [3.05, 3.63) is 53.6 Å². The van der Waals surface area contributed by atoms with Crippen LogP contribution in [0, 0.1) is 0 Å². The molecule has 1 aliphatic rings. The van der Waals surface area contributed by atoms with Gasteiger partial charge in [0.1, 0.15) is 0 Å². The van der Waals surface area contributed by atoms with Crippen LogP contribution in [-0.2, 0) is 4.79 Å². The Kier molecular flexibility index (Phi) is 5.81. The predicted molar refractivity (Wildman–Crippen MR) is 107 cm³/mol. The van der Waals surface area contributed by atoms with Gasteiger partial charge >= 0.3 is 0 Å². The Morgan fingerprint density at radius 2 is 1.74 bits per heavy atom. The van der Waals surface area contributed by atoms with Crippen molar-refractivity contribution >= 4 is 40.9 Å². The Labute approximate surface area is 162 Å². The maximum absolute atomic E-state index is 12.5. The average molecular weight is 383 g/mol. The number of anilines is 2. The molecule has 0 saturated heterocycles. The molecule has 1 aliphatic heterocycles. The highest BCUT2D eigenvalue weighted by Crippen LogP contribution is 2.32. The number of amides is 3. The lowest BCUT2D eigenvalue weighted by molar-refractivity contribution is -0.113. The van der Waals surface area contributed by atoms with Crippen LogP contribution in [0.15, 0.2) is 47.4 Å². The minimum atomic E-state index is -0.273. The van der Waals surface area contributed by atoms with Gasteiger partial charge < -0.3 is 15.5 Å². The van der Waals surface area contributed by atoms with Crippen molar-refractivity contribution in [2.45, 2.75) is 18.7 Å². The van der Waals surface area contributed by atoms with Gasteiger partial charge in [-0.25, -0.2) is 0 Å². The van der Waals surface area contributed by atoms with Crippen molar-refractivity contribution in [2.24, 2.45) is 0 Å². The van der Waals surface area contributed by atoms with Crippen LogP contribution in [0.25, 0.3) is 0 Å². The third-order valence-corrected chi connectivity index (χ3v) is 5.39. The zero-order valence-electron chi connectivity index (χ0n) is 15.2. The SMILES string of the molecule is CCN(CC)C(=O)c1ccc(NC(=O)c2ccc3c(c2)NC(=O)CS3)cc1. The van der Waals surface area contributed by atoms with Gasteiger partial charge in [0.2, 0.25) is 5.91 Å². The number of carbonyl (C=O) groups excluding carboxylic acids is 3.